The summed E-state index contributed by atoms with van der Waals surface area (Å²) in [6.45, 7) is 5.93. The van der Waals surface area contributed by atoms with Gasteiger partial charge in [0.25, 0.3) is 0 Å². The molecule has 2 saturated heterocycles. The van der Waals surface area contributed by atoms with Crippen LogP contribution in [0, 0.1) is 5.92 Å². The van der Waals surface area contributed by atoms with Crippen molar-refractivity contribution in [1.82, 2.24) is 4.90 Å². The second kappa shape index (κ2) is 11.2. The summed E-state index contributed by atoms with van der Waals surface area (Å²) >= 11 is 6.27. The quantitative estimate of drug-likeness (QED) is 0.325. The number of nitrogens with zero attached hydrogens (tertiary/aromatic N) is 2. The number of aliphatic hydroxyl groups is 1. The maximum Gasteiger partial charge on any atom is 0.232 e. The Balaban J connectivity index is 1.38. The number of amides is 1. The standard InChI is InChI=1S/C35H41ClN2O4/c1-21(2)42-32-20-30-23(16-31(32)41-5)17-33(39)38(34(30)22-6-10-26(36)11-7-22)27-12-8-24(9-13-27)35(3,40)25-18-28-14-15-29(19-25)37(28)4/h6-13,16,20-21,25,28-29,34,40H,14-15,17-19H2,1-5H3/t25?,28?,29?,34?,35-/m1/s1. The molecule has 6 rings (SSSR count). The Hall–Kier alpha value is -3.06. The molecule has 2 fully saturated rings. The first-order chi connectivity index (χ1) is 20.1. The lowest BCUT2D eigenvalue weighted by atomic mass is 9.75. The van der Waals surface area contributed by atoms with Crippen molar-refractivity contribution in [3.05, 3.63) is 87.9 Å². The molecule has 0 spiro atoms. The van der Waals surface area contributed by atoms with Gasteiger partial charge in [0.05, 0.1) is 31.3 Å². The zero-order valence-electron chi connectivity index (χ0n) is 25.1. The topological polar surface area (TPSA) is 62.2 Å². The summed E-state index contributed by atoms with van der Waals surface area (Å²) in [6.07, 6.45) is 4.65. The van der Waals surface area contributed by atoms with Crippen molar-refractivity contribution in [1.29, 1.82) is 0 Å². The molecule has 3 unspecified atom stereocenters. The maximum absolute atomic E-state index is 13.9. The predicted octanol–water partition coefficient (Wildman–Crippen LogP) is 6.89. The highest BCUT2D eigenvalue weighted by Gasteiger charge is 2.45. The Labute approximate surface area is 254 Å². The Bertz CT molecular complexity index is 1440. The van der Waals surface area contributed by atoms with Crippen LogP contribution in [-0.2, 0) is 16.8 Å². The van der Waals surface area contributed by atoms with E-state index in [0.29, 0.717) is 28.6 Å². The number of hydrogen-bond donors (Lipinski definition) is 1. The molecule has 0 saturated carbocycles. The predicted molar refractivity (Wildman–Crippen MR) is 167 cm³/mol. The van der Waals surface area contributed by atoms with Crippen LogP contribution in [0.5, 0.6) is 11.5 Å². The molecule has 0 aliphatic carbocycles. The first kappa shape index (κ1) is 29.0. The molecule has 3 aliphatic heterocycles. The van der Waals surface area contributed by atoms with Gasteiger partial charge in [-0.1, -0.05) is 35.9 Å². The molecule has 0 aromatic heterocycles. The highest BCUT2D eigenvalue weighted by atomic mass is 35.5. The lowest BCUT2D eigenvalue weighted by Gasteiger charge is -2.43. The van der Waals surface area contributed by atoms with Crippen molar-refractivity contribution in [3.8, 4) is 11.5 Å². The number of rotatable bonds is 7. The van der Waals surface area contributed by atoms with Gasteiger partial charge >= 0.3 is 0 Å². The van der Waals surface area contributed by atoms with E-state index in [2.05, 4.69) is 11.9 Å². The molecule has 2 bridgehead atoms. The van der Waals surface area contributed by atoms with E-state index in [9.17, 15) is 9.90 Å². The largest absolute Gasteiger partial charge is 0.493 e. The van der Waals surface area contributed by atoms with Gasteiger partial charge < -0.3 is 24.4 Å². The molecule has 4 atom stereocenters. The minimum Gasteiger partial charge on any atom is -0.493 e. The number of halogens is 1. The third-order valence-corrected chi connectivity index (χ3v) is 10.0. The van der Waals surface area contributed by atoms with Gasteiger partial charge in [-0.3, -0.25) is 4.79 Å². The second-order valence-electron chi connectivity index (χ2n) is 12.7. The minimum absolute atomic E-state index is 0.00608. The zero-order valence-corrected chi connectivity index (χ0v) is 25.9. The van der Waals surface area contributed by atoms with E-state index < -0.39 is 5.60 Å². The third-order valence-electron chi connectivity index (χ3n) is 9.76. The monoisotopic (exact) mass is 588 g/mol. The van der Waals surface area contributed by atoms with Crippen LogP contribution in [0.3, 0.4) is 0 Å². The highest BCUT2D eigenvalue weighted by molar-refractivity contribution is 6.30. The molecule has 3 aliphatic rings. The van der Waals surface area contributed by atoms with E-state index in [1.807, 2.05) is 86.3 Å². The first-order valence-corrected chi connectivity index (χ1v) is 15.4. The molecule has 3 aromatic carbocycles. The van der Waals surface area contributed by atoms with Gasteiger partial charge in [0.1, 0.15) is 0 Å². The van der Waals surface area contributed by atoms with E-state index in [1.54, 1.807) is 7.11 Å². The Morgan fingerprint density at radius 2 is 1.62 bits per heavy atom. The number of piperidine rings is 1. The van der Waals surface area contributed by atoms with Gasteiger partial charge in [-0.05, 0) is 118 Å². The lowest BCUT2D eigenvalue weighted by molar-refractivity contribution is -0.118. The number of hydrogen-bond acceptors (Lipinski definition) is 5. The van der Waals surface area contributed by atoms with Crippen molar-refractivity contribution in [2.24, 2.45) is 5.92 Å². The van der Waals surface area contributed by atoms with Crippen LogP contribution in [0.25, 0.3) is 0 Å². The number of carbonyl (C=O) groups is 1. The van der Waals surface area contributed by atoms with Gasteiger partial charge in [-0.25, -0.2) is 0 Å². The van der Waals surface area contributed by atoms with E-state index in [0.717, 1.165) is 40.8 Å². The first-order valence-electron chi connectivity index (χ1n) is 15.1. The van der Waals surface area contributed by atoms with Crippen molar-refractivity contribution in [2.75, 3.05) is 19.1 Å². The summed E-state index contributed by atoms with van der Waals surface area (Å²) in [5.41, 5.74) is 3.61. The smallest absolute Gasteiger partial charge is 0.232 e. The van der Waals surface area contributed by atoms with Crippen LogP contribution >= 0.6 is 11.6 Å². The third kappa shape index (κ3) is 5.18. The Morgan fingerprint density at radius 3 is 2.21 bits per heavy atom. The van der Waals surface area contributed by atoms with Gasteiger partial charge in [-0.15, -0.1) is 0 Å². The number of benzene rings is 3. The fraction of sp³-hybridized carbons (Fsp3) is 0.457. The molecule has 42 heavy (non-hydrogen) atoms. The van der Waals surface area contributed by atoms with Gasteiger partial charge in [0.2, 0.25) is 5.91 Å². The molecular formula is C35H41ClN2O4. The summed E-state index contributed by atoms with van der Waals surface area (Å²) in [7, 11) is 3.84. The van der Waals surface area contributed by atoms with Gasteiger partial charge in [0, 0.05) is 22.8 Å². The average molecular weight is 589 g/mol. The molecule has 7 heteroatoms. The molecule has 3 heterocycles. The van der Waals surface area contributed by atoms with Crippen LogP contribution in [-0.4, -0.2) is 48.3 Å². The summed E-state index contributed by atoms with van der Waals surface area (Å²) in [5.74, 6) is 1.47. The molecular weight excluding hydrogens is 548 g/mol. The average Bonchev–Trinajstić information content (AvgIpc) is 3.15. The van der Waals surface area contributed by atoms with Gasteiger partial charge in [-0.2, -0.15) is 0 Å². The summed E-state index contributed by atoms with van der Waals surface area (Å²) in [4.78, 5) is 18.2. The number of anilines is 1. The molecule has 1 N–H and O–H groups in total. The van der Waals surface area contributed by atoms with E-state index in [-0.39, 0.29) is 30.4 Å². The normalized spacial score (nSPS) is 25.3. The number of fused-ring (bicyclic) bond motifs is 3. The van der Waals surface area contributed by atoms with Crippen LogP contribution in [0.2, 0.25) is 5.02 Å². The number of methoxy groups -OCH3 is 1. The maximum atomic E-state index is 13.9. The summed E-state index contributed by atoms with van der Waals surface area (Å²) in [5, 5.41) is 12.5. The molecule has 6 nitrogen and oxygen atoms in total. The van der Waals surface area contributed by atoms with Gasteiger partial charge in [0.15, 0.2) is 11.5 Å². The van der Waals surface area contributed by atoms with Crippen molar-refractivity contribution >= 4 is 23.2 Å². The highest BCUT2D eigenvalue weighted by Crippen LogP contribution is 2.47. The molecule has 0 radical (unpaired) electrons. The summed E-state index contributed by atoms with van der Waals surface area (Å²) in [6, 6.07) is 20.3. The van der Waals surface area contributed by atoms with E-state index in [1.165, 1.54) is 12.8 Å². The van der Waals surface area contributed by atoms with Crippen LogP contribution < -0.4 is 14.4 Å². The van der Waals surface area contributed by atoms with Crippen LogP contribution in [0.4, 0.5) is 5.69 Å². The lowest BCUT2D eigenvalue weighted by Crippen LogP contribution is -2.46. The van der Waals surface area contributed by atoms with E-state index in [4.69, 9.17) is 21.1 Å². The minimum atomic E-state index is -0.936. The Kier molecular flexibility index (Phi) is 7.75. The van der Waals surface area contributed by atoms with E-state index >= 15 is 0 Å². The molecule has 3 aromatic rings. The van der Waals surface area contributed by atoms with Crippen molar-refractivity contribution in [3.63, 3.8) is 0 Å². The summed E-state index contributed by atoms with van der Waals surface area (Å²) < 4.78 is 11.8. The fourth-order valence-corrected chi connectivity index (χ4v) is 7.52. The Morgan fingerprint density at radius 1 is 0.976 bits per heavy atom. The molecule has 1 amide bonds. The number of carbonyl (C=O) groups excluding carboxylic acids is 1. The van der Waals surface area contributed by atoms with Crippen LogP contribution in [0.1, 0.15) is 74.8 Å². The zero-order chi connectivity index (χ0) is 29.8. The van der Waals surface area contributed by atoms with Crippen molar-refractivity contribution in [2.45, 2.75) is 82.7 Å². The fourth-order valence-electron chi connectivity index (χ4n) is 7.39. The van der Waals surface area contributed by atoms with Crippen molar-refractivity contribution < 1.29 is 19.4 Å². The van der Waals surface area contributed by atoms with Crippen LogP contribution in [0.15, 0.2) is 60.7 Å². The number of ether oxygens (including phenoxy) is 2. The molecule has 222 valence electrons. The SMILES string of the molecule is COc1cc2c(cc1OC(C)C)C(c1ccc(Cl)cc1)N(c1ccc([C@@](C)(O)C3CC4CCC(C3)N4C)cc1)C(=O)C2. The second-order valence-corrected chi connectivity index (χ2v) is 13.1.